The maximum absolute atomic E-state index is 12.2. The van der Waals surface area contributed by atoms with Crippen molar-refractivity contribution in [3.8, 4) is 0 Å². The van der Waals surface area contributed by atoms with E-state index in [1.807, 2.05) is 0 Å². The number of benzene rings is 1. The third kappa shape index (κ3) is 3.78. The van der Waals surface area contributed by atoms with Crippen molar-refractivity contribution in [2.45, 2.75) is 37.3 Å². The molecule has 7 heteroatoms. The molecule has 0 spiro atoms. The van der Waals surface area contributed by atoms with Crippen LogP contribution in [0.15, 0.2) is 29.2 Å². The Bertz CT molecular complexity index is 575. The Morgan fingerprint density at radius 1 is 1.30 bits per heavy atom. The molecule has 0 saturated heterocycles. The van der Waals surface area contributed by atoms with Gasteiger partial charge in [-0.3, -0.25) is 0 Å². The number of carbonyl (C=O) groups excluding carboxylic acids is 1. The zero-order valence-corrected chi connectivity index (χ0v) is 12.7. The number of hydrogen-bond acceptors (Lipinski definition) is 5. The second kappa shape index (κ2) is 5.90. The van der Waals surface area contributed by atoms with Crippen molar-refractivity contribution in [2.75, 3.05) is 7.11 Å². The van der Waals surface area contributed by atoms with E-state index in [0.717, 1.165) is 0 Å². The summed E-state index contributed by atoms with van der Waals surface area (Å²) >= 11 is 0. The maximum atomic E-state index is 12.2. The van der Waals surface area contributed by atoms with Gasteiger partial charge in [-0.05, 0) is 45.0 Å². The van der Waals surface area contributed by atoms with Crippen LogP contribution in [-0.2, 0) is 14.8 Å². The number of rotatable bonds is 5. The first kappa shape index (κ1) is 16.6. The minimum atomic E-state index is -3.77. The SMILES string of the molecule is COC(=O)c1ccc(S(=O)(=O)NC(C)(C)C(C)O)cc1. The number of ether oxygens (including phenoxy) is 1. The molecule has 0 aliphatic carbocycles. The Labute approximate surface area is 118 Å². The van der Waals surface area contributed by atoms with Gasteiger partial charge in [-0.1, -0.05) is 0 Å². The van der Waals surface area contributed by atoms with E-state index in [-0.39, 0.29) is 10.5 Å². The Morgan fingerprint density at radius 3 is 2.20 bits per heavy atom. The molecule has 1 rings (SSSR count). The van der Waals surface area contributed by atoms with E-state index in [2.05, 4.69) is 9.46 Å². The number of hydrogen-bond donors (Lipinski definition) is 2. The molecule has 1 aromatic rings. The lowest BCUT2D eigenvalue weighted by atomic mass is 10.0. The summed E-state index contributed by atoms with van der Waals surface area (Å²) < 4.78 is 31.3. The molecule has 0 amide bonds. The van der Waals surface area contributed by atoms with Crippen LogP contribution in [0.4, 0.5) is 0 Å². The predicted octanol–water partition coefficient (Wildman–Crippen LogP) is 0.911. The summed E-state index contributed by atoms with van der Waals surface area (Å²) in [5.74, 6) is -0.536. The molecule has 0 bridgehead atoms. The fourth-order valence-corrected chi connectivity index (χ4v) is 2.85. The van der Waals surface area contributed by atoms with Crippen LogP contribution in [0.2, 0.25) is 0 Å². The highest BCUT2D eigenvalue weighted by Gasteiger charge is 2.30. The highest BCUT2D eigenvalue weighted by atomic mass is 32.2. The molecule has 0 heterocycles. The van der Waals surface area contributed by atoms with Crippen molar-refractivity contribution < 1.29 is 23.1 Å². The Morgan fingerprint density at radius 2 is 1.80 bits per heavy atom. The molecular formula is C13H19NO5S. The molecule has 2 N–H and O–H groups in total. The van der Waals surface area contributed by atoms with E-state index < -0.39 is 27.6 Å². The summed E-state index contributed by atoms with van der Waals surface area (Å²) in [5, 5.41) is 9.55. The molecular weight excluding hydrogens is 282 g/mol. The summed E-state index contributed by atoms with van der Waals surface area (Å²) in [6.07, 6.45) is -0.855. The zero-order chi connectivity index (χ0) is 15.6. The number of nitrogens with one attached hydrogen (secondary N) is 1. The molecule has 0 radical (unpaired) electrons. The molecule has 0 aliphatic rings. The molecule has 20 heavy (non-hydrogen) atoms. The average molecular weight is 301 g/mol. The van der Waals surface area contributed by atoms with Gasteiger partial charge in [0.2, 0.25) is 10.0 Å². The number of esters is 1. The third-order valence-corrected chi connectivity index (χ3v) is 4.72. The summed E-state index contributed by atoms with van der Waals surface area (Å²) in [6.45, 7) is 4.67. The maximum Gasteiger partial charge on any atom is 0.337 e. The largest absolute Gasteiger partial charge is 0.465 e. The molecule has 0 fully saturated rings. The van der Waals surface area contributed by atoms with Crippen LogP contribution >= 0.6 is 0 Å². The van der Waals surface area contributed by atoms with Gasteiger partial charge in [-0.15, -0.1) is 0 Å². The van der Waals surface area contributed by atoms with Crippen LogP contribution in [0.1, 0.15) is 31.1 Å². The molecule has 112 valence electrons. The van der Waals surface area contributed by atoms with Crippen LogP contribution in [0.5, 0.6) is 0 Å². The van der Waals surface area contributed by atoms with Gasteiger partial charge in [0.25, 0.3) is 0 Å². The van der Waals surface area contributed by atoms with Crippen LogP contribution in [0.25, 0.3) is 0 Å². The van der Waals surface area contributed by atoms with Crippen LogP contribution in [0, 0.1) is 0 Å². The molecule has 1 atom stereocenters. The van der Waals surface area contributed by atoms with Gasteiger partial charge < -0.3 is 9.84 Å². The minimum absolute atomic E-state index is 0.0129. The Balaban J connectivity index is 3.02. The fourth-order valence-electron chi connectivity index (χ4n) is 1.38. The second-order valence-electron chi connectivity index (χ2n) is 5.02. The van der Waals surface area contributed by atoms with Gasteiger partial charge in [0.1, 0.15) is 0 Å². The number of sulfonamides is 1. The lowest BCUT2D eigenvalue weighted by Gasteiger charge is -2.28. The lowest BCUT2D eigenvalue weighted by molar-refractivity contribution is 0.0600. The van der Waals surface area contributed by atoms with E-state index in [1.54, 1.807) is 13.8 Å². The smallest absolute Gasteiger partial charge is 0.337 e. The number of carbonyl (C=O) groups is 1. The number of aliphatic hydroxyl groups excluding tert-OH is 1. The second-order valence-corrected chi connectivity index (χ2v) is 6.70. The van der Waals surface area contributed by atoms with Crippen molar-refractivity contribution >= 4 is 16.0 Å². The molecule has 0 saturated carbocycles. The van der Waals surface area contributed by atoms with Crippen molar-refractivity contribution in [1.29, 1.82) is 0 Å². The monoisotopic (exact) mass is 301 g/mol. The van der Waals surface area contributed by atoms with E-state index in [0.29, 0.717) is 0 Å². The Kier molecular flexibility index (Phi) is 4.90. The Hall–Kier alpha value is -1.44. The fraction of sp³-hybridized carbons (Fsp3) is 0.462. The number of aliphatic hydroxyl groups is 1. The first-order valence-corrected chi connectivity index (χ1v) is 7.49. The molecule has 6 nitrogen and oxygen atoms in total. The summed E-state index contributed by atoms with van der Waals surface area (Å²) in [5.41, 5.74) is -0.735. The van der Waals surface area contributed by atoms with E-state index in [1.165, 1.54) is 38.3 Å². The quantitative estimate of drug-likeness (QED) is 0.789. The van der Waals surface area contributed by atoms with E-state index >= 15 is 0 Å². The third-order valence-electron chi connectivity index (χ3n) is 3.03. The van der Waals surface area contributed by atoms with E-state index in [9.17, 15) is 18.3 Å². The first-order valence-electron chi connectivity index (χ1n) is 6.00. The van der Waals surface area contributed by atoms with Gasteiger partial charge >= 0.3 is 5.97 Å². The minimum Gasteiger partial charge on any atom is -0.465 e. The van der Waals surface area contributed by atoms with Gasteiger partial charge in [-0.2, -0.15) is 0 Å². The van der Waals surface area contributed by atoms with Crippen molar-refractivity contribution in [3.05, 3.63) is 29.8 Å². The predicted molar refractivity (Wildman–Crippen MR) is 73.9 cm³/mol. The summed E-state index contributed by atoms with van der Waals surface area (Å²) in [4.78, 5) is 11.3. The normalized spacial score (nSPS) is 13.8. The van der Waals surface area contributed by atoms with Gasteiger partial charge in [0.15, 0.2) is 0 Å². The summed E-state index contributed by atoms with van der Waals surface area (Å²) in [6, 6.07) is 5.37. The van der Waals surface area contributed by atoms with E-state index in [4.69, 9.17) is 0 Å². The van der Waals surface area contributed by atoms with Crippen LogP contribution in [-0.4, -0.2) is 38.2 Å². The van der Waals surface area contributed by atoms with Crippen LogP contribution in [0.3, 0.4) is 0 Å². The van der Waals surface area contributed by atoms with Gasteiger partial charge in [0, 0.05) is 0 Å². The highest BCUT2D eigenvalue weighted by molar-refractivity contribution is 7.89. The lowest BCUT2D eigenvalue weighted by Crippen LogP contribution is -2.50. The molecule has 0 aliphatic heterocycles. The standard InChI is InChI=1S/C13H19NO5S/c1-9(15)13(2,3)14-20(17,18)11-7-5-10(6-8-11)12(16)19-4/h5-9,14-15H,1-4H3. The topological polar surface area (TPSA) is 92.7 Å². The average Bonchev–Trinajstić information content (AvgIpc) is 2.36. The first-order chi connectivity index (χ1) is 9.10. The van der Waals surface area contributed by atoms with Gasteiger partial charge in [-0.25, -0.2) is 17.9 Å². The van der Waals surface area contributed by atoms with Gasteiger partial charge in [0.05, 0.1) is 29.2 Å². The van der Waals surface area contributed by atoms with Crippen molar-refractivity contribution in [3.63, 3.8) is 0 Å². The highest BCUT2D eigenvalue weighted by Crippen LogP contribution is 2.16. The summed E-state index contributed by atoms with van der Waals surface area (Å²) in [7, 11) is -2.52. The van der Waals surface area contributed by atoms with Crippen molar-refractivity contribution in [1.82, 2.24) is 4.72 Å². The zero-order valence-electron chi connectivity index (χ0n) is 11.9. The van der Waals surface area contributed by atoms with Crippen LogP contribution < -0.4 is 4.72 Å². The molecule has 0 aromatic heterocycles. The molecule has 1 aromatic carbocycles. The molecule has 1 unspecified atom stereocenters. The van der Waals surface area contributed by atoms with Crippen molar-refractivity contribution in [2.24, 2.45) is 0 Å². The number of methoxy groups -OCH3 is 1.